The Balaban J connectivity index is 2.88. The van der Waals surface area contributed by atoms with Crippen molar-refractivity contribution in [3.63, 3.8) is 0 Å². The van der Waals surface area contributed by atoms with E-state index in [9.17, 15) is 14.9 Å². The van der Waals surface area contributed by atoms with Crippen LogP contribution in [-0.2, 0) is 4.74 Å². The van der Waals surface area contributed by atoms with Gasteiger partial charge in [-0.2, -0.15) is 0 Å². The molecule has 0 radical (unpaired) electrons. The van der Waals surface area contributed by atoms with E-state index >= 15 is 0 Å². The fourth-order valence-corrected chi connectivity index (χ4v) is 1.21. The van der Waals surface area contributed by atoms with Gasteiger partial charge in [-0.1, -0.05) is 0 Å². The molecule has 8 nitrogen and oxygen atoms in total. The number of methoxy groups -OCH3 is 1. The third-order valence-corrected chi connectivity index (χ3v) is 2.59. The normalized spacial score (nSPS) is 11.1. The molecule has 0 bridgehead atoms. The van der Waals surface area contributed by atoms with Crippen molar-refractivity contribution in [1.29, 1.82) is 0 Å². The summed E-state index contributed by atoms with van der Waals surface area (Å²) in [5.41, 5.74) is 4.68. The van der Waals surface area contributed by atoms with Gasteiger partial charge >= 0.3 is 0 Å². The molecule has 0 spiro atoms. The molecule has 3 N–H and O–H groups in total. The Morgan fingerprint density at radius 1 is 1.63 bits per heavy atom. The summed E-state index contributed by atoms with van der Waals surface area (Å²) in [7, 11) is 1.52. The first kappa shape index (κ1) is 14.8. The molecule has 0 fully saturated rings. The molecule has 0 aliphatic rings. The van der Waals surface area contributed by atoms with E-state index in [1.807, 2.05) is 0 Å². The van der Waals surface area contributed by atoms with E-state index in [1.165, 1.54) is 7.11 Å². The molecule has 1 aromatic rings. The molecular weight excluding hydrogens is 252 g/mol. The van der Waals surface area contributed by atoms with Crippen molar-refractivity contribution in [1.82, 2.24) is 10.3 Å². The minimum Gasteiger partial charge on any atom is -0.383 e. The van der Waals surface area contributed by atoms with Crippen LogP contribution in [0.3, 0.4) is 0 Å². The van der Waals surface area contributed by atoms with E-state index < -0.39 is 16.4 Å². The van der Waals surface area contributed by atoms with Gasteiger partial charge < -0.3 is 15.8 Å². The van der Waals surface area contributed by atoms with Crippen LogP contribution in [0.1, 0.15) is 24.2 Å². The molecule has 1 aromatic heterocycles. The van der Waals surface area contributed by atoms with E-state index in [0.29, 0.717) is 0 Å². The fourth-order valence-electron chi connectivity index (χ4n) is 1.21. The molecule has 19 heavy (non-hydrogen) atoms. The molecule has 0 aliphatic carbocycles. The summed E-state index contributed by atoms with van der Waals surface area (Å²) in [4.78, 5) is 25.5. The number of rotatable bonds is 5. The maximum Gasteiger partial charge on any atom is 0.288 e. The summed E-state index contributed by atoms with van der Waals surface area (Å²) in [6, 6.07) is 1.09. The van der Waals surface area contributed by atoms with Crippen molar-refractivity contribution in [3.05, 3.63) is 27.9 Å². The SMILES string of the molecule is COC(C)(C)CNC(=O)c1cc([N+](=O)[O-])cnc1N. The minimum absolute atomic E-state index is 0.0268. The topological polar surface area (TPSA) is 120 Å². The largest absolute Gasteiger partial charge is 0.383 e. The number of carbonyl (C=O) groups is 1. The van der Waals surface area contributed by atoms with Crippen LogP contribution in [0.15, 0.2) is 12.3 Å². The molecule has 104 valence electrons. The number of nitrogens with one attached hydrogen (secondary N) is 1. The predicted molar refractivity (Wildman–Crippen MR) is 68.7 cm³/mol. The number of nitrogen functional groups attached to an aromatic ring is 1. The van der Waals surface area contributed by atoms with E-state index in [-0.39, 0.29) is 23.6 Å². The van der Waals surface area contributed by atoms with Gasteiger partial charge in [-0.15, -0.1) is 0 Å². The van der Waals surface area contributed by atoms with Crippen molar-refractivity contribution in [2.75, 3.05) is 19.4 Å². The molecule has 8 heteroatoms. The lowest BCUT2D eigenvalue weighted by atomic mass is 10.1. The Morgan fingerprint density at radius 3 is 2.79 bits per heavy atom. The number of carbonyl (C=O) groups excluding carboxylic acids is 1. The standard InChI is InChI=1S/C11H16N4O4/c1-11(2,19-3)6-14-10(16)8-4-7(15(17)18)5-13-9(8)12/h4-5H,6H2,1-3H3,(H2,12,13)(H,14,16). The first-order valence-electron chi connectivity index (χ1n) is 5.50. The van der Waals surface area contributed by atoms with Crippen LogP contribution in [-0.4, -0.2) is 35.1 Å². The highest BCUT2D eigenvalue weighted by atomic mass is 16.6. The fraction of sp³-hybridized carbons (Fsp3) is 0.455. The number of nitrogens with zero attached hydrogens (tertiary/aromatic N) is 2. The molecule has 1 heterocycles. The number of amides is 1. The number of pyridine rings is 1. The zero-order chi connectivity index (χ0) is 14.6. The monoisotopic (exact) mass is 268 g/mol. The highest BCUT2D eigenvalue weighted by Gasteiger charge is 2.21. The number of hydrogen-bond acceptors (Lipinski definition) is 6. The summed E-state index contributed by atoms with van der Waals surface area (Å²) in [6.07, 6.45) is 1.01. The molecule has 0 atom stereocenters. The van der Waals surface area contributed by atoms with Gasteiger partial charge in [0.15, 0.2) is 0 Å². The van der Waals surface area contributed by atoms with Crippen LogP contribution in [0, 0.1) is 10.1 Å². The Labute approximate surface area is 110 Å². The summed E-state index contributed by atoms with van der Waals surface area (Å²) in [6.45, 7) is 3.83. The van der Waals surface area contributed by atoms with Gasteiger partial charge in [0.1, 0.15) is 12.0 Å². The van der Waals surface area contributed by atoms with Crippen LogP contribution in [0.5, 0.6) is 0 Å². The van der Waals surface area contributed by atoms with Crippen molar-refractivity contribution >= 4 is 17.4 Å². The van der Waals surface area contributed by atoms with E-state index in [0.717, 1.165) is 12.3 Å². The van der Waals surface area contributed by atoms with Crippen LogP contribution < -0.4 is 11.1 Å². The molecule has 1 rings (SSSR count). The van der Waals surface area contributed by atoms with E-state index in [4.69, 9.17) is 10.5 Å². The Morgan fingerprint density at radius 2 is 2.26 bits per heavy atom. The van der Waals surface area contributed by atoms with Crippen LogP contribution in [0.25, 0.3) is 0 Å². The van der Waals surface area contributed by atoms with Gasteiger partial charge in [-0.25, -0.2) is 4.98 Å². The highest BCUT2D eigenvalue weighted by molar-refractivity contribution is 5.98. The van der Waals surface area contributed by atoms with E-state index in [1.54, 1.807) is 13.8 Å². The summed E-state index contributed by atoms with van der Waals surface area (Å²) in [5.74, 6) is -0.586. The third kappa shape index (κ3) is 3.88. The minimum atomic E-state index is -0.637. The van der Waals surface area contributed by atoms with Crippen LogP contribution in [0.2, 0.25) is 0 Å². The Hall–Kier alpha value is -2.22. The number of hydrogen-bond donors (Lipinski definition) is 2. The molecule has 0 saturated heterocycles. The predicted octanol–water partition coefficient (Wildman–Crippen LogP) is 0.727. The van der Waals surface area contributed by atoms with Crippen molar-refractivity contribution < 1.29 is 14.5 Å². The molecular formula is C11H16N4O4. The smallest absolute Gasteiger partial charge is 0.288 e. The van der Waals surface area contributed by atoms with Crippen molar-refractivity contribution in [2.45, 2.75) is 19.4 Å². The molecule has 0 aromatic carbocycles. The van der Waals surface area contributed by atoms with Crippen molar-refractivity contribution in [3.8, 4) is 0 Å². The zero-order valence-electron chi connectivity index (χ0n) is 11.0. The second-order valence-corrected chi connectivity index (χ2v) is 4.53. The maximum absolute atomic E-state index is 11.9. The first-order chi connectivity index (χ1) is 8.76. The second kappa shape index (κ2) is 5.61. The van der Waals surface area contributed by atoms with E-state index in [2.05, 4.69) is 10.3 Å². The van der Waals surface area contributed by atoms with Gasteiger partial charge in [-0.3, -0.25) is 14.9 Å². The van der Waals surface area contributed by atoms with Crippen LogP contribution in [0.4, 0.5) is 11.5 Å². The average molecular weight is 268 g/mol. The quantitative estimate of drug-likeness (QED) is 0.599. The first-order valence-corrected chi connectivity index (χ1v) is 5.50. The lowest BCUT2D eigenvalue weighted by molar-refractivity contribution is -0.385. The van der Waals surface area contributed by atoms with Gasteiger partial charge in [0.05, 0.1) is 16.1 Å². The number of nitro groups is 1. The van der Waals surface area contributed by atoms with Gasteiger partial charge in [0.25, 0.3) is 11.6 Å². The average Bonchev–Trinajstić information content (AvgIpc) is 2.36. The Bertz CT molecular complexity index is 501. The molecule has 0 unspecified atom stereocenters. The highest BCUT2D eigenvalue weighted by Crippen LogP contribution is 2.16. The molecule has 0 aliphatic heterocycles. The van der Waals surface area contributed by atoms with Gasteiger partial charge in [0.2, 0.25) is 0 Å². The lowest BCUT2D eigenvalue weighted by Gasteiger charge is -2.23. The van der Waals surface area contributed by atoms with Crippen LogP contribution >= 0.6 is 0 Å². The molecule has 1 amide bonds. The number of anilines is 1. The van der Waals surface area contributed by atoms with Crippen molar-refractivity contribution in [2.24, 2.45) is 0 Å². The number of aromatic nitrogens is 1. The van der Waals surface area contributed by atoms with Gasteiger partial charge in [-0.05, 0) is 13.8 Å². The lowest BCUT2D eigenvalue weighted by Crippen LogP contribution is -2.40. The third-order valence-electron chi connectivity index (χ3n) is 2.59. The zero-order valence-corrected chi connectivity index (χ0v) is 11.0. The Kier molecular flexibility index (Phi) is 4.38. The number of nitrogens with two attached hydrogens (primary N) is 1. The summed E-state index contributed by atoms with van der Waals surface area (Å²) < 4.78 is 5.15. The molecule has 0 saturated carbocycles. The maximum atomic E-state index is 11.9. The number of ether oxygens (including phenoxy) is 1. The summed E-state index contributed by atoms with van der Waals surface area (Å²) in [5, 5.41) is 13.2. The summed E-state index contributed by atoms with van der Waals surface area (Å²) >= 11 is 0. The second-order valence-electron chi connectivity index (χ2n) is 4.53. The van der Waals surface area contributed by atoms with Gasteiger partial charge in [0, 0.05) is 19.7 Å².